The van der Waals surface area contributed by atoms with Gasteiger partial charge in [0.05, 0.1) is 0 Å². The standard InChI is InChI=1S/C16H23N5/c1-6-17-16-18-12(3)9-15(20-16)19-13-8-7-11(2)14(10-13)21(4)5/h7-10H,6H2,1-5H3,(H2,17,18,19,20). The Balaban J connectivity index is 2.27. The lowest BCUT2D eigenvalue weighted by molar-refractivity contribution is 1.05. The lowest BCUT2D eigenvalue weighted by Crippen LogP contribution is -2.10. The van der Waals surface area contributed by atoms with Gasteiger partial charge in [-0.2, -0.15) is 4.98 Å². The molecule has 0 aliphatic heterocycles. The van der Waals surface area contributed by atoms with Gasteiger partial charge >= 0.3 is 0 Å². The van der Waals surface area contributed by atoms with Crippen LogP contribution in [0.2, 0.25) is 0 Å². The van der Waals surface area contributed by atoms with E-state index in [0.717, 1.165) is 23.7 Å². The topological polar surface area (TPSA) is 53.1 Å². The molecule has 1 aromatic carbocycles. The van der Waals surface area contributed by atoms with Crippen LogP contribution in [0.1, 0.15) is 18.2 Å². The van der Waals surface area contributed by atoms with Gasteiger partial charge in [0.25, 0.3) is 0 Å². The highest BCUT2D eigenvalue weighted by Gasteiger charge is 2.05. The highest BCUT2D eigenvalue weighted by molar-refractivity contribution is 5.66. The highest BCUT2D eigenvalue weighted by atomic mass is 15.1. The second-order valence-corrected chi connectivity index (χ2v) is 5.27. The molecule has 21 heavy (non-hydrogen) atoms. The molecule has 0 radical (unpaired) electrons. The summed E-state index contributed by atoms with van der Waals surface area (Å²) in [6.07, 6.45) is 0. The number of benzene rings is 1. The van der Waals surface area contributed by atoms with Crippen LogP contribution in [0.3, 0.4) is 0 Å². The molecule has 0 saturated heterocycles. The summed E-state index contributed by atoms with van der Waals surface area (Å²) in [5.74, 6) is 1.45. The molecule has 0 bridgehead atoms. The average molecular weight is 285 g/mol. The van der Waals surface area contributed by atoms with E-state index in [2.05, 4.69) is 50.6 Å². The van der Waals surface area contributed by atoms with E-state index in [1.54, 1.807) is 0 Å². The van der Waals surface area contributed by atoms with Crippen LogP contribution in [0.5, 0.6) is 0 Å². The van der Waals surface area contributed by atoms with Gasteiger partial charge in [0.2, 0.25) is 5.95 Å². The fourth-order valence-corrected chi connectivity index (χ4v) is 2.19. The molecule has 0 spiro atoms. The van der Waals surface area contributed by atoms with Crippen LogP contribution in [0.15, 0.2) is 24.3 Å². The molecular weight excluding hydrogens is 262 g/mol. The van der Waals surface area contributed by atoms with Gasteiger partial charge in [-0.3, -0.25) is 0 Å². The SMILES string of the molecule is CCNc1nc(C)cc(Nc2ccc(C)c(N(C)C)c2)n1. The largest absolute Gasteiger partial charge is 0.377 e. The van der Waals surface area contributed by atoms with Crippen molar-refractivity contribution in [2.75, 3.05) is 36.2 Å². The second kappa shape index (κ2) is 6.43. The summed E-state index contributed by atoms with van der Waals surface area (Å²) in [6, 6.07) is 8.24. The van der Waals surface area contributed by atoms with Crippen molar-refractivity contribution in [2.45, 2.75) is 20.8 Å². The number of hydrogen-bond donors (Lipinski definition) is 2. The third-order valence-corrected chi connectivity index (χ3v) is 3.15. The Morgan fingerprint density at radius 1 is 1.10 bits per heavy atom. The number of rotatable bonds is 5. The lowest BCUT2D eigenvalue weighted by atomic mass is 10.1. The van der Waals surface area contributed by atoms with Crippen molar-refractivity contribution < 1.29 is 0 Å². The van der Waals surface area contributed by atoms with Gasteiger partial charge in [-0.1, -0.05) is 6.07 Å². The first-order chi connectivity index (χ1) is 9.99. The summed E-state index contributed by atoms with van der Waals surface area (Å²) >= 11 is 0. The first kappa shape index (κ1) is 15.1. The molecular formula is C16H23N5. The Bertz CT molecular complexity index is 622. The Labute approximate surface area is 126 Å². The first-order valence-electron chi connectivity index (χ1n) is 7.14. The van der Waals surface area contributed by atoms with Gasteiger partial charge in [-0.15, -0.1) is 0 Å². The van der Waals surface area contributed by atoms with Gasteiger partial charge < -0.3 is 15.5 Å². The fraction of sp³-hybridized carbons (Fsp3) is 0.375. The minimum absolute atomic E-state index is 0.653. The van der Waals surface area contributed by atoms with E-state index < -0.39 is 0 Å². The van der Waals surface area contributed by atoms with Crippen molar-refractivity contribution in [1.82, 2.24) is 9.97 Å². The molecule has 0 saturated carbocycles. The minimum Gasteiger partial charge on any atom is -0.377 e. The maximum absolute atomic E-state index is 4.47. The van der Waals surface area contributed by atoms with Crippen LogP contribution in [0, 0.1) is 13.8 Å². The Kier molecular flexibility index (Phi) is 4.62. The quantitative estimate of drug-likeness (QED) is 0.882. The van der Waals surface area contributed by atoms with E-state index in [1.807, 2.05) is 34.0 Å². The van der Waals surface area contributed by atoms with E-state index >= 15 is 0 Å². The van der Waals surface area contributed by atoms with Crippen molar-refractivity contribution in [1.29, 1.82) is 0 Å². The predicted molar refractivity (Wildman–Crippen MR) is 89.7 cm³/mol. The van der Waals surface area contributed by atoms with Crippen LogP contribution in [0.25, 0.3) is 0 Å². The second-order valence-electron chi connectivity index (χ2n) is 5.27. The zero-order chi connectivity index (χ0) is 15.4. The zero-order valence-electron chi connectivity index (χ0n) is 13.4. The Hall–Kier alpha value is -2.30. The van der Waals surface area contributed by atoms with Crippen molar-refractivity contribution in [3.8, 4) is 0 Å². The molecule has 112 valence electrons. The summed E-state index contributed by atoms with van der Waals surface area (Å²) in [6.45, 7) is 6.91. The molecule has 2 aromatic rings. The maximum Gasteiger partial charge on any atom is 0.224 e. The average Bonchev–Trinajstić information content (AvgIpc) is 2.40. The minimum atomic E-state index is 0.653. The summed E-state index contributed by atoms with van der Waals surface area (Å²) < 4.78 is 0. The van der Waals surface area contributed by atoms with E-state index in [-0.39, 0.29) is 0 Å². The summed E-state index contributed by atoms with van der Waals surface area (Å²) in [4.78, 5) is 10.9. The molecule has 2 rings (SSSR count). The van der Waals surface area contributed by atoms with E-state index in [4.69, 9.17) is 0 Å². The molecule has 0 fully saturated rings. The number of aryl methyl sites for hydroxylation is 2. The van der Waals surface area contributed by atoms with Crippen molar-refractivity contribution in [3.63, 3.8) is 0 Å². The van der Waals surface area contributed by atoms with E-state index in [1.165, 1.54) is 11.3 Å². The monoisotopic (exact) mass is 285 g/mol. The Morgan fingerprint density at radius 3 is 2.52 bits per heavy atom. The first-order valence-corrected chi connectivity index (χ1v) is 7.14. The summed E-state index contributed by atoms with van der Waals surface area (Å²) in [5, 5.41) is 6.49. The van der Waals surface area contributed by atoms with Crippen molar-refractivity contribution in [2.24, 2.45) is 0 Å². The van der Waals surface area contributed by atoms with Gasteiger partial charge in [0.15, 0.2) is 0 Å². The molecule has 1 aromatic heterocycles. The molecule has 2 N–H and O–H groups in total. The molecule has 0 amide bonds. The summed E-state index contributed by atoms with van der Waals surface area (Å²) in [7, 11) is 4.09. The van der Waals surface area contributed by atoms with E-state index in [9.17, 15) is 0 Å². The third kappa shape index (κ3) is 3.84. The molecule has 5 nitrogen and oxygen atoms in total. The van der Waals surface area contributed by atoms with Crippen LogP contribution in [-0.2, 0) is 0 Å². The van der Waals surface area contributed by atoms with E-state index in [0.29, 0.717) is 5.95 Å². The van der Waals surface area contributed by atoms with Gasteiger partial charge in [-0.25, -0.2) is 4.98 Å². The van der Waals surface area contributed by atoms with Crippen LogP contribution >= 0.6 is 0 Å². The zero-order valence-corrected chi connectivity index (χ0v) is 13.4. The molecule has 0 unspecified atom stereocenters. The van der Waals surface area contributed by atoms with Gasteiger partial charge in [-0.05, 0) is 38.5 Å². The van der Waals surface area contributed by atoms with Gasteiger partial charge in [0, 0.05) is 43.8 Å². The molecule has 0 atom stereocenters. The number of aromatic nitrogens is 2. The van der Waals surface area contributed by atoms with Crippen molar-refractivity contribution in [3.05, 3.63) is 35.5 Å². The Morgan fingerprint density at radius 2 is 1.86 bits per heavy atom. The molecule has 5 heteroatoms. The van der Waals surface area contributed by atoms with Crippen molar-refractivity contribution >= 4 is 23.1 Å². The van der Waals surface area contributed by atoms with Crippen LogP contribution < -0.4 is 15.5 Å². The lowest BCUT2D eigenvalue weighted by Gasteiger charge is -2.17. The summed E-state index contributed by atoms with van der Waals surface area (Å²) in [5.41, 5.74) is 4.39. The normalized spacial score (nSPS) is 10.3. The fourth-order valence-electron chi connectivity index (χ4n) is 2.19. The molecule has 0 aliphatic carbocycles. The highest BCUT2D eigenvalue weighted by Crippen LogP contribution is 2.25. The molecule has 1 heterocycles. The number of nitrogens with one attached hydrogen (secondary N) is 2. The van der Waals surface area contributed by atoms with Crippen LogP contribution in [0.4, 0.5) is 23.1 Å². The molecule has 0 aliphatic rings. The maximum atomic E-state index is 4.47. The number of nitrogens with zero attached hydrogens (tertiary/aromatic N) is 3. The number of hydrogen-bond acceptors (Lipinski definition) is 5. The number of anilines is 4. The smallest absolute Gasteiger partial charge is 0.224 e. The third-order valence-electron chi connectivity index (χ3n) is 3.15. The van der Waals surface area contributed by atoms with Gasteiger partial charge in [0.1, 0.15) is 5.82 Å². The predicted octanol–water partition coefficient (Wildman–Crippen LogP) is 3.33. The van der Waals surface area contributed by atoms with Crippen LogP contribution in [-0.4, -0.2) is 30.6 Å².